The van der Waals surface area contributed by atoms with Gasteiger partial charge in [-0.3, -0.25) is 4.79 Å². The number of hydrogen-bond donors (Lipinski definition) is 1. The Hall–Kier alpha value is -2.60. The largest absolute Gasteiger partial charge is 0.467 e. The van der Waals surface area contributed by atoms with Crippen LogP contribution in [0.3, 0.4) is 0 Å². The summed E-state index contributed by atoms with van der Waals surface area (Å²) in [5.41, 5.74) is 2.39. The average molecular weight is 366 g/mol. The van der Waals surface area contributed by atoms with E-state index in [9.17, 15) is 4.79 Å². The van der Waals surface area contributed by atoms with Crippen LogP contribution in [0.25, 0.3) is 11.0 Å². The third kappa shape index (κ3) is 4.06. The summed E-state index contributed by atoms with van der Waals surface area (Å²) in [6.07, 6.45) is 8.51. The van der Waals surface area contributed by atoms with Crippen LogP contribution < -0.4 is 5.32 Å². The fourth-order valence-corrected chi connectivity index (χ4v) is 3.92. The van der Waals surface area contributed by atoms with Crippen LogP contribution in [0.2, 0.25) is 0 Å². The standard InChI is InChI=1S/C21H26N4O2/c1-24-15-17(19-5-2-9-22-20(19)24)8-12-25-10-6-16(7-11-25)21(26)23-14-18-4-3-13-27-18/h2-5,9,13,15-16H,6-8,10-12,14H2,1H3,(H,23,26). The summed E-state index contributed by atoms with van der Waals surface area (Å²) in [5, 5.41) is 4.23. The maximum atomic E-state index is 12.3. The molecule has 142 valence electrons. The number of aryl methyl sites for hydroxylation is 1. The van der Waals surface area contributed by atoms with Gasteiger partial charge in [-0.05, 0) is 62.2 Å². The lowest BCUT2D eigenvalue weighted by atomic mass is 9.95. The first kappa shape index (κ1) is 17.8. The fraction of sp³-hybridized carbons (Fsp3) is 0.429. The Labute approximate surface area is 159 Å². The van der Waals surface area contributed by atoms with Crippen LogP contribution in [-0.4, -0.2) is 40.0 Å². The first-order valence-corrected chi connectivity index (χ1v) is 9.62. The SMILES string of the molecule is Cn1cc(CCN2CCC(C(=O)NCc3ccco3)CC2)c2cccnc21. The minimum absolute atomic E-state index is 0.109. The number of piperidine rings is 1. The van der Waals surface area contributed by atoms with Crippen molar-refractivity contribution in [1.29, 1.82) is 0 Å². The number of nitrogens with one attached hydrogen (secondary N) is 1. The van der Waals surface area contributed by atoms with E-state index in [1.54, 1.807) is 6.26 Å². The predicted octanol–water partition coefficient (Wildman–Crippen LogP) is 2.74. The van der Waals surface area contributed by atoms with Gasteiger partial charge in [-0.2, -0.15) is 0 Å². The maximum Gasteiger partial charge on any atom is 0.223 e. The van der Waals surface area contributed by atoms with Crippen molar-refractivity contribution >= 4 is 16.9 Å². The molecule has 1 amide bonds. The third-order valence-corrected chi connectivity index (χ3v) is 5.49. The molecular weight excluding hydrogens is 340 g/mol. The number of likely N-dealkylation sites (tertiary alicyclic amines) is 1. The zero-order chi connectivity index (χ0) is 18.6. The summed E-state index contributed by atoms with van der Waals surface area (Å²) < 4.78 is 7.36. The van der Waals surface area contributed by atoms with Gasteiger partial charge in [-0.1, -0.05) is 0 Å². The number of nitrogens with zero attached hydrogens (tertiary/aromatic N) is 3. The van der Waals surface area contributed by atoms with Crippen molar-refractivity contribution in [3.8, 4) is 0 Å². The second-order valence-electron chi connectivity index (χ2n) is 7.30. The lowest BCUT2D eigenvalue weighted by Gasteiger charge is -2.31. The summed E-state index contributed by atoms with van der Waals surface area (Å²) >= 11 is 0. The molecule has 1 N–H and O–H groups in total. The number of fused-ring (bicyclic) bond motifs is 1. The van der Waals surface area contributed by atoms with E-state index in [2.05, 4.69) is 32.0 Å². The van der Waals surface area contributed by atoms with Gasteiger partial charge in [0.2, 0.25) is 5.91 Å². The molecule has 1 aliphatic rings. The molecule has 0 unspecified atom stereocenters. The smallest absolute Gasteiger partial charge is 0.223 e. The molecule has 3 aromatic rings. The Kier molecular flexibility index (Phi) is 5.25. The van der Waals surface area contributed by atoms with Crippen LogP contribution in [-0.2, 0) is 24.8 Å². The van der Waals surface area contributed by atoms with Gasteiger partial charge in [-0.15, -0.1) is 0 Å². The monoisotopic (exact) mass is 366 g/mol. The van der Waals surface area contributed by atoms with Crippen molar-refractivity contribution in [3.05, 3.63) is 54.2 Å². The van der Waals surface area contributed by atoms with E-state index in [1.807, 2.05) is 31.4 Å². The molecular formula is C21H26N4O2. The molecule has 3 aromatic heterocycles. The normalized spacial score (nSPS) is 16.0. The van der Waals surface area contributed by atoms with Gasteiger partial charge in [0.1, 0.15) is 11.4 Å². The van der Waals surface area contributed by atoms with Gasteiger partial charge in [-0.25, -0.2) is 4.98 Å². The molecule has 6 heteroatoms. The Morgan fingerprint density at radius 3 is 2.93 bits per heavy atom. The van der Waals surface area contributed by atoms with E-state index in [4.69, 9.17) is 4.42 Å². The molecule has 0 bridgehead atoms. The molecule has 4 heterocycles. The van der Waals surface area contributed by atoms with E-state index in [-0.39, 0.29) is 11.8 Å². The molecule has 6 nitrogen and oxygen atoms in total. The molecule has 0 atom stereocenters. The van der Waals surface area contributed by atoms with E-state index in [0.717, 1.165) is 50.3 Å². The minimum Gasteiger partial charge on any atom is -0.467 e. The maximum absolute atomic E-state index is 12.3. The second kappa shape index (κ2) is 7.96. The van der Waals surface area contributed by atoms with Crippen LogP contribution in [0.15, 0.2) is 47.3 Å². The highest BCUT2D eigenvalue weighted by molar-refractivity contribution is 5.80. The van der Waals surface area contributed by atoms with Crippen LogP contribution >= 0.6 is 0 Å². The molecule has 0 aromatic carbocycles. The Morgan fingerprint density at radius 2 is 2.15 bits per heavy atom. The molecule has 27 heavy (non-hydrogen) atoms. The van der Waals surface area contributed by atoms with Gasteiger partial charge >= 0.3 is 0 Å². The Bertz CT molecular complexity index is 892. The number of carbonyl (C=O) groups is 1. The number of rotatable bonds is 6. The van der Waals surface area contributed by atoms with Gasteiger partial charge < -0.3 is 19.2 Å². The summed E-state index contributed by atoms with van der Waals surface area (Å²) in [5.74, 6) is 1.05. The van der Waals surface area contributed by atoms with Crippen molar-refractivity contribution < 1.29 is 9.21 Å². The third-order valence-electron chi connectivity index (χ3n) is 5.49. The van der Waals surface area contributed by atoms with Crippen molar-refractivity contribution in [2.24, 2.45) is 13.0 Å². The van der Waals surface area contributed by atoms with E-state index >= 15 is 0 Å². The lowest BCUT2D eigenvalue weighted by molar-refractivity contribution is -0.126. The first-order chi connectivity index (χ1) is 13.2. The van der Waals surface area contributed by atoms with Crippen LogP contribution in [0.5, 0.6) is 0 Å². The summed E-state index contributed by atoms with van der Waals surface area (Å²) in [4.78, 5) is 19.3. The molecule has 0 spiro atoms. The Morgan fingerprint density at radius 1 is 1.30 bits per heavy atom. The van der Waals surface area contributed by atoms with E-state index in [0.29, 0.717) is 6.54 Å². The number of furan rings is 1. The molecule has 1 aliphatic heterocycles. The number of aromatic nitrogens is 2. The van der Waals surface area contributed by atoms with E-state index in [1.165, 1.54) is 10.9 Å². The molecule has 1 fully saturated rings. The molecule has 0 radical (unpaired) electrons. The summed E-state index contributed by atoms with van der Waals surface area (Å²) in [6, 6.07) is 7.86. The quantitative estimate of drug-likeness (QED) is 0.729. The van der Waals surface area contributed by atoms with Crippen molar-refractivity contribution in [3.63, 3.8) is 0 Å². The Balaban J connectivity index is 1.25. The van der Waals surface area contributed by atoms with Gasteiger partial charge in [0.15, 0.2) is 0 Å². The number of carbonyl (C=O) groups excluding carboxylic acids is 1. The highest BCUT2D eigenvalue weighted by Gasteiger charge is 2.25. The van der Waals surface area contributed by atoms with Gasteiger partial charge in [0, 0.05) is 37.3 Å². The van der Waals surface area contributed by atoms with Crippen LogP contribution in [0.4, 0.5) is 0 Å². The van der Waals surface area contributed by atoms with Crippen molar-refractivity contribution in [1.82, 2.24) is 19.8 Å². The first-order valence-electron chi connectivity index (χ1n) is 9.62. The zero-order valence-corrected chi connectivity index (χ0v) is 15.7. The minimum atomic E-state index is 0.109. The van der Waals surface area contributed by atoms with Gasteiger partial charge in [0.05, 0.1) is 12.8 Å². The number of amides is 1. The average Bonchev–Trinajstić information content (AvgIpc) is 3.33. The summed E-state index contributed by atoms with van der Waals surface area (Å²) in [6.45, 7) is 3.44. The number of pyridine rings is 1. The summed E-state index contributed by atoms with van der Waals surface area (Å²) in [7, 11) is 2.05. The van der Waals surface area contributed by atoms with Crippen LogP contribution in [0.1, 0.15) is 24.2 Å². The van der Waals surface area contributed by atoms with Crippen molar-refractivity contribution in [2.75, 3.05) is 19.6 Å². The molecule has 0 saturated carbocycles. The highest BCUT2D eigenvalue weighted by atomic mass is 16.3. The molecule has 0 aliphatic carbocycles. The van der Waals surface area contributed by atoms with Gasteiger partial charge in [0.25, 0.3) is 0 Å². The highest BCUT2D eigenvalue weighted by Crippen LogP contribution is 2.21. The second-order valence-corrected chi connectivity index (χ2v) is 7.30. The fourth-order valence-electron chi connectivity index (χ4n) is 3.92. The van der Waals surface area contributed by atoms with Crippen molar-refractivity contribution in [2.45, 2.75) is 25.8 Å². The topological polar surface area (TPSA) is 63.3 Å². The lowest BCUT2D eigenvalue weighted by Crippen LogP contribution is -2.41. The predicted molar refractivity (Wildman–Crippen MR) is 104 cm³/mol. The van der Waals surface area contributed by atoms with Crippen LogP contribution in [0, 0.1) is 5.92 Å². The zero-order valence-electron chi connectivity index (χ0n) is 15.7. The molecule has 4 rings (SSSR count). The number of hydrogen-bond acceptors (Lipinski definition) is 4. The molecule has 1 saturated heterocycles. The van der Waals surface area contributed by atoms with E-state index < -0.39 is 0 Å².